The van der Waals surface area contributed by atoms with E-state index in [1.54, 1.807) is 32.2 Å². The average molecular weight is 401 g/mol. The second-order valence-electron chi connectivity index (χ2n) is 6.86. The maximum absolute atomic E-state index is 11.9. The zero-order valence-corrected chi connectivity index (χ0v) is 17.6. The van der Waals surface area contributed by atoms with E-state index in [2.05, 4.69) is 24.5 Å². The predicted molar refractivity (Wildman–Crippen MR) is 117 cm³/mol. The van der Waals surface area contributed by atoms with Gasteiger partial charge in [0.2, 0.25) is 0 Å². The van der Waals surface area contributed by atoms with E-state index >= 15 is 0 Å². The van der Waals surface area contributed by atoms with Crippen molar-refractivity contribution in [1.29, 1.82) is 0 Å². The summed E-state index contributed by atoms with van der Waals surface area (Å²) < 4.78 is 10.3. The van der Waals surface area contributed by atoms with E-state index in [1.165, 1.54) is 0 Å². The minimum Gasteiger partial charge on any atom is -0.497 e. The monoisotopic (exact) mass is 400 g/mol. The minimum atomic E-state index is -0.346. The van der Waals surface area contributed by atoms with Crippen LogP contribution in [0.4, 0.5) is 5.69 Å². The molecular formula is C22H28N2O3S. The SMILES string of the molecule is CCOC(=O)c1cccc(NC(=S)NC(CC(C)C)c2ccc(OC)cc2)c1. The van der Waals surface area contributed by atoms with Crippen LogP contribution in [0.5, 0.6) is 5.75 Å². The fourth-order valence-electron chi connectivity index (χ4n) is 2.85. The summed E-state index contributed by atoms with van der Waals surface area (Å²) in [6.07, 6.45) is 0.928. The summed E-state index contributed by atoms with van der Waals surface area (Å²) >= 11 is 5.51. The van der Waals surface area contributed by atoms with Crippen molar-refractivity contribution in [3.8, 4) is 5.75 Å². The van der Waals surface area contributed by atoms with Gasteiger partial charge in [0.25, 0.3) is 0 Å². The van der Waals surface area contributed by atoms with Gasteiger partial charge in [-0.15, -0.1) is 0 Å². The third-order valence-corrected chi connectivity index (χ3v) is 4.38. The maximum atomic E-state index is 11.9. The third-order valence-electron chi connectivity index (χ3n) is 4.16. The third kappa shape index (κ3) is 6.53. The molecule has 2 N–H and O–H groups in total. The Bertz CT molecular complexity index is 791. The number of esters is 1. The van der Waals surface area contributed by atoms with Crippen molar-refractivity contribution in [3.63, 3.8) is 0 Å². The van der Waals surface area contributed by atoms with Gasteiger partial charge in [-0.25, -0.2) is 4.79 Å². The highest BCUT2D eigenvalue weighted by molar-refractivity contribution is 7.80. The van der Waals surface area contributed by atoms with Gasteiger partial charge < -0.3 is 20.1 Å². The lowest BCUT2D eigenvalue weighted by Gasteiger charge is -2.23. The van der Waals surface area contributed by atoms with Crippen LogP contribution in [0, 0.1) is 5.92 Å². The average Bonchev–Trinajstić information content (AvgIpc) is 2.67. The predicted octanol–water partition coefficient (Wildman–Crippen LogP) is 4.95. The number of methoxy groups -OCH3 is 1. The van der Waals surface area contributed by atoms with Crippen LogP contribution in [0.25, 0.3) is 0 Å². The zero-order chi connectivity index (χ0) is 20.5. The van der Waals surface area contributed by atoms with Gasteiger partial charge >= 0.3 is 5.97 Å². The molecule has 0 saturated carbocycles. The topological polar surface area (TPSA) is 59.6 Å². The molecule has 2 aromatic rings. The number of anilines is 1. The van der Waals surface area contributed by atoms with Gasteiger partial charge in [-0.1, -0.05) is 32.0 Å². The summed E-state index contributed by atoms with van der Waals surface area (Å²) in [6.45, 7) is 6.48. The summed E-state index contributed by atoms with van der Waals surface area (Å²) in [4.78, 5) is 11.9. The highest BCUT2D eigenvalue weighted by Crippen LogP contribution is 2.24. The van der Waals surface area contributed by atoms with Crippen LogP contribution in [0.15, 0.2) is 48.5 Å². The minimum absolute atomic E-state index is 0.0687. The summed E-state index contributed by atoms with van der Waals surface area (Å²) in [5.41, 5.74) is 2.36. The normalized spacial score (nSPS) is 11.6. The molecule has 6 heteroatoms. The molecule has 0 heterocycles. The number of rotatable bonds is 8. The van der Waals surface area contributed by atoms with Crippen LogP contribution in [0.1, 0.15) is 49.2 Å². The van der Waals surface area contributed by atoms with E-state index in [1.807, 2.05) is 30.3 Å². The van der Waals surface area contributed by atoms with Crippen molar-refractivity contribution >= 4 is 29.0 Å². The summed E-state index contributed by atoms with van der Waals surface area (Å²) in [6, 6.07) is 15.2. The number of carbonyl (C=O) groups excluding carboxylic acids is 1. The maximum Gasteiger partial charge on any atom is 0.338 e. The van der Waals surface area contributed by atoms with Gasteiger partial charge in [-0.2, -0.15) is 0 Å². The van der Waals surface area contributed by atoms with E-state index in [0.29, 0.717) is 23.2 Å². The van der Waals surface area contributed by atoms with Crippen molar-refractivity contribution in [3.05, 3.63) is 59.7 Å². The Morgan fingerprint density at radius 3 is 2.46 bits per heavy atom. The van der Waals surface area contributed by atoms with Crippen LogP contribution >= 0.6 is 12.2 Å². The molecule has 1 atom stereocenters. The number of hydrogen-bond donors (Lipinski definition) is 2. The quantitative estimate of drug-likeness (QED) is 0.483. The number of hydrogen-bond acceptors (Lipinski definition) is 4. The Hall–Kier alpha value is -2.60. The van der Waals surface area contributed by atoms with Crippen LogP contribution in [-0.4, -0.2) is 24.8 Å². The molecule has 0 aromatic heterocycles. The molecular weight excluding hydrogens is 372 g/mol. The van der Waals surface area contributed by atoms with Crippen LogP contribution in [-0.2, 0) is 4.74 Å². The van der Waals surface area contributed by atoms with Crippen LogP contribution < -0.4 is 15.4 Å². The standard InChI is InChI=1S/C22H28N2O3S/c1-5-27-21(25)17-7-6-8-18(14-17)23-22(28)24-20(13-15(2)3)16-9-11-19(26-4)12-10-16/h6-12,14-15,20H,5,13H2,1-4H3,(H2,23,24,28). The van der Waals surface area contributed by atoms with Gasteiger partial charge in [0.15, 0.2) is 5.11 Å². The lowest BCUT2D eigenvalue weighted by Crippen LogP contribution is -2.33. The molecule has 0 saturated heterocycles. The highest BCUT2D eigenvalue weighted by atomic mass is 32.1. The number of carbonyl (C=O) groups is 1. The molecule has 0 aliphatic rings. The van der Waals surface area contributed by atoms with Crippen LogP contribution in [0.3, 0.4) is 0 Å². The smallest absolute Gasteiger partial charge is 0.338 e. The van der Waals surface area contributed by atoms with Crippen molar-refractivity contribution in [2.45, 2.75) is 33.2 Å². The lowest BCUT2D eigenvalue weighted by atomic mass is 9.97. The second-order valence-corrected chi connectivity index (χ2v) is 7.26. The van der Waals surface area contributed by atoms with E-state index in [9.17, 15) is 4.79 Å². The molecule has 0 aliphatic heterocycles. The van der Waals surface area contributed by atoms with Crippen molar-refractivity contribution in [2.24, 2.45) is 5.92 Å². The number of nitrogens with one attached hydrogen (secondary N) is 2. The Kier molecular flexibility index (Phi) is 8.26. The molecule has 0 amide bonds. The first-order valence-electron chi connectivity index (χ1n) is 9.41. The summed E-state index contributed by atoms with van der Waals surface area (Å²) in [5, 5.41) is 7.05. The molecule has 2 aromatic carbocycles. The Morgan fingerprint density at radius 2 is 1.86 bits per heavy atom. The van der Waals surface area contributed by atoms with E-state index in [4.69, 9.17) is 21.7 Å². The fraction of sp³-hybridized carbons (Fsp3) is 0.364. The molecule has 1 unspecified atom stereocenters. The van der Waals surface area contributed by atoms with Gasteiger partial charge in [-0.3, -0.25) is 0 Å². The van der Waals surface area contributed by atoms with Crippen LogP contribution in [0.2, 0.25) is 0 Å². The lowest BCUT2D eigenvalue weighted by molar-refractivity contribution is 0.0526. The Labute approximate surface area is 172 Å². The summed E-state index contributed by atoms with van der Waals surface area (Å²) in [7, 11) is 1.66. The van der Waals surface area contributed by atoms with Gasteiger partial charge in [0.05, 0.1) is 25.3 Å². The number of benzene rings is 2. The highest BCUT2D eigenvalue weighted by Gasteiger charge is 2.15. The van der Waals surface area contributed by atoms with Gasteiger partial charge in [-0.05, 0) is 67.4 Å². The Balaban J connectivity index is 2.08. The second kappa shape index (κ2) is 10.7. The van der Waals surface area contributed by atoms with E-state index in [0.717, 1.165) is 23.4 Å². The molecule has 0 aliphatic carbocycles. The van der Waals surface area contributed by atoms with E-state index < -0.39 is 0 Å². The summed E-state index contributed by atoms with van der Waals surface area (Å²) in [5.74, 6) is 0.971. The Morgan fingerprint density at radius 1 is 1.14 bits per heavy atom. The zero-order valence-electron chi connectivity index (χ0n) is 16.8. The fourth-order valence-corrected chi connectivity index (χ4v) is 3.11. The largest absolute Gasteiger partial charge is 0.497 e. The molecule has 28 heavy (non-hydrogen) atoms. The molecule has 150 valence electrons. The molecule has 0 fully saturated rings. The van der Waals surface area contributed by atoms with E-state index in [-0.39, 0.29) is 12.0 Å². The van der Waals surface area contributed by atoms with Gasteiger partial charge in [0.1, 0.15) is 5.75 Å². The van der Waals surface area contributed by atoms with Crippen molar-refractivity contribution in [1.82, 2.24) is 5.32 Å². The molecule has 2 rings (SSSR count). The first-order valence-corrected chi connectivity index (χ1v) is 9.82. The first-order chi connectivity index (χ1) is 13.4. The van der Waals surface area contributed by atoms with Crippen molar-refractivity contribution < 1.29 is 14.3 Å². The number of ether oxygens (including phenoxy) is 2. The molecule has 0 radical (unpaired) electrons. The first kappa shape index (κ1) is 21.7. The number of thiocarbonyl (C=S) groups is 1. The van der Waals surface area contributed by atoms with Gasteiger partial charge in [0, 0.05) is 5.69 Å². The van der Waals surface area contributed by atoms with Crippen molar-refractivity contribution in [2.75, 3.05) is 19.0 Å². The molecule has 0 spiro atoms. The molecule has 5 nitrogen and oxygen atoms in total. The molecule has 0 bridgehead atoms.